The number of hydrogen-bond acceptors (Lipinski definition) is 4. The van der Waals surface area contributed by atoms with Crippen molar-refractivity contribution >= 4 is 40.9 Å². The maximum Gasteiger partial charge on any atom is 0.328 e. The van der Waals surface area contributed by atoms with Crippen LogP contribution >= 0.6 is 11.8 Å². The lowest BCUT2D eigenvalue weighted by atomic mass is 10.1. The van der Waals surface area contributed by atoms with Crippen LogP contribution in [0.25, 0.3) is 0 Å². The second kappa shape index (κ2) is 9.59. The van der Waals surface area contributed by atoms with Crippen molar-refractivity contribution in [3.63, 3.8) is 0 Å². The summed E-state index contributed by atoms with van der Waals surface area (Å²) in [7, 11) is 0. The molecule has 2 amide bonds. The van der Waals surface area contributed by atoms with Gasteiger partial charge in [-0.3, -0.25) is 9.59 Å². The number of thioether (sulfide) groups is 1. The Kier molecular flexibility index (Phi) is 7.19. The largest absolute Gasteiger partial charge is 0.478 e. The average Bonchev–Trinajstić information content (AvgIpc) is 2.62. The maximum absolute atomic E-state index is 12.2. The van der Waals surface area contributed by atoms with Crippen LogP contribution in [-0.4, -0.2) is 28.6 Å². The quantitative estimate of drug-likeness (QED) is 0.501. The summed E-state index contributed by atoms with van der Waals surface area (Å²) in [4.78, 5) is 35.1. The van der Waals surface area contributed by atoms with Crippen molar-refractivity contribution < 1.29 is 19.5 Å². The fourth-order valence-corrected chi connectivity index (χ4v) is 2.97. The predicted molar refractivity (Wildman–Crippen MR) is 107 cm³/mol. The lowest BCUT2D eigenvalue weighted by Crippen LogP contribution is -2.15. The van der Waals surface area contributed by atoms with Crippen LogP contribution in [0.2, 0.25) is 0 Å². The number of aliphatic carboxylic acids is 1. The van der Waals surface area contributed by atoms with E-state index in [1.807, 2.05) is 38.1 Å². The van der Waals surface area contributed by atoms with Crippen LogP contribution < -0.4 is 10.6 Å². The number of carboxylic acid groups (broad SMARTS) is 1. The highest BCUT2D eigenvalue weighted by Gasteiger charge is 2.07. The summed E-state index contributed by atoms with van der Waals surface area (Å²) >= 11 is 1.34. The van der Waals surface area contributed by atoms with Crippen LogP contribution in [0, 0.1) is 13.8 Å². The Morgan fingerprint density at radius 1 is 1.04 bits per heavy atom. The molecular formula is C20H20N2O4S. The van der Waals surface area contributed by atoms with Crippen molar-refractivity contribution in [3.05, 3.63) is 65.7 Å². The zero-order valence-electron chi connectivity index (χ0n) is 15.0. The summed E-state index contributed by atoms with van der Waals surface area (Å²) in [5.41, 5.74) is 3.47. The highest BCUT2D eigenvalue weighted by atomic mass is 32.2. The van der Waals surface area contributed by atoms with E-state index >= 15 is 0 Å². The van der Waals surface area contributed by atoms with E-state index in [-0.39, 0.29) is 11.7 Å². The number of amides is 2. The molecule has 3 N–H and O–H groups in total. The van der Waals surface area contributed by atoms with Crippen molar-refractivity contribution in [1.82, 2.24) is 0 Å². The van der Waals surface area contributed by atoms with Crippen LogP contribution in [-0.2, 0) is 14.4 Å². The molecule has 27 heavy (non-hydrogen) atoms. The highest BCUT2D eigenvalue weighted by molar-refractivity contribution is 8.00. The van der Waals surface area contributed by atoms with E-state index in [0.717, 1.165) is 33.9 Å². The van der Waals surface area contributed by atoms with E-state index < -0.39 is 11.9 Å². The molecule has 2 rings (SSSR count). The van der Waals surface area contributed by atoms with Gasteiger partial charge in [0.25, 0.3) is 0 Å². The number of carbonyl (C=O) groups excluding carboxylic acids is 2. The molecule has 0 aliphatic carbocycles. The van der Waals surface area contributed by atoms with Gasteiger partial charge in [0.2, 0.25) is 11.8 Å². The molecule has 0 aliphatic heterocycles. The second-order valence-corrected chi connectivity index (χ2v) is 6.82. The molecule has 0 aliphatic rings. The minimum Gasteiger partial charge on any atom is -0.478 e. The van der Waals surface area contributed by atoms with Crippen LogP contribution in [0.3, 0.4) is 0 Å². The molecule has 2 aromatic carbocycles. The van der Waals surface area contributed by atoms with Crippen molar-refractivity contribution in [3.8, 4) is 0 Å². The van der Waals surface area contributed by atoms with Crippen molar-refractivity contribution in [2.24, 2.45) is 0 Å². The number of rotatable bonds is 7. The second-order valence-electron chi connectivity index (χ2n) is 5.77. The Morgan fingerprint density at radius 2 is 1.78 bits per heavy atom. The molecule has 0 saturated heterocycles. The van der Waals surface area contributed by atoms with Gasteiger partial charge >= 0.3 is 5.97 Å². The standard InChI is InChI=1S/C20H20N2O4S/c1-13-5-3-8-17(14(13)2)22-19(24)12-27-16-7-4-6-15(11-16)21-18(23)9-10-20(25)26/h3-11H,12H2,1-2H3,(H,21,23)(H,22,24)(H,25,26)/b10-9+. The SMILES string of the molecule is Cc1cccc(NC(=O)CSc2cccc(NC(=O)/C=C/C(=O)O)c2)c1C. The Labute approximate surface area is 161 Å². The Morgan fingerprint density at radius 3 is 2.52 bits per heavy atom. The lowest BCUT2D eigenvalue weighted by molar-refractivity contribution is -0.131. The van der Waals surface area contributed by atoms with E-state index in [9.17, 15) is 14.4 Å². The van der Waals surface area contributed by atoms with Gasteiger partial charge in [0.15, 0.2) is 0 Å². The van der Waals surface area contributed by atoms with Gasteiger partial charge < -0.3 is 15.7 Å². The van der Waals surface area contributed by atoms with Crippen molar-refractivity contribution in [2.75, 3.05) is 16.4 Å². The van der Waals surface area contributed by atoms with E-state index in [1.165, 1.54) is 11.8 Å². The van der Waals surface area contributed by atoms with Gasteiger partial charge in [0.1, 0.15) is 0 Å². The van der Waals surface area contributed by atoms with Crippen LogP contribution in [0.4, 0.5) is 11.4 Å². The van der Waals surface area contributed by atoms with Gasteiger partial charge in [-0.1, -0.05) is 18.2 Å². The number of benzene rings is 2. The molecule has 6 nitrogen and oxygen atoms in total. The average molecular weight is 384 g/mol. The highest BCUT2D eigenvalue weighted by Crippen LogP contribution is 2.23. The lowest BCUT2D eigenvalue weighted by Gasteiger charge is -2.10. The first kappa shape index (κ1) is 20.3. The van der Waals surface area contributed by atoms with Gasteiger partial charge in [0, 0.05) is 28.4 Å². The molecule has 0 unspecified atom stereocenters. The number of nitrogens with one attached hydrogen (secondary N) is 2. The van der Waals surface area contributed by atoms with Crippen molar-refractivity contribution in [1.29, 1.82) is 0 Å². The Hall–Kier alpha value is -3.06. The molecule has 140 valence electrons. The molecule has 0 atom stereocenters. The van der Waals surface area contributed by atoms with Gasteiger partial charge in [-0.05, 0) is 49.2 Å². The molecule has 0 saturated carbocycles. The fraction of sp³-hybridized carbons (Fsp3) is 0.150. The van der Waals surface area contributed by atoms with E-state index in [4.69, 9.17) is 5.11 Å². The predicted octanol–water partition coefficient (Wildman–Crippen LogP) is 3.61. The van der Waals surface area contributed by atoms with E-state index in [0.29, 0.717) is 5.69 Å². The third-order valence-corrected chi connectivity index (χ3v) is 4.72. The molecule has 7 heteroatoms. The third kappa shape index (κ3) is 6.63. The zero-order valence-corrected chi connectivity index (χ0v) is 15.8. The summed E-state index contributed by atoms with van der Waals surface area (Å²) in [5, 5.41) is 14.0. The molecule has 0 bridgehead atoms. The van der Waals surface area contributed by atoms with E-state index in [1.54, 1.807) is 18.2 Å². The summed E-state index contributed by atoms with van der Waals surface area (Å²) in [5.74, 6) is -1.62. The molecule has 0 radical (unpaired) electrons. The first-order chi connectivity index (χ1) is 12.8. The van der Waals surface area contributed by atoms with Gasteiger partial charge in [-0.2, -0.15) is 0 Å². The first-order valence-corrected chi connectivity index (χ1v) is 9.14. The fourth-order valence-electron chi connectivity index (χ4n) is 2.22. The van der Waals surface area contributed by atoms with E-state index in [2.05, 4.69) is 10.6 Å². The monoisotopic (exact) mass is 384 g/mol. The summed E-state index contributed by atoms with van der Waals surface area (Å²) in [6.45, 7) is 3.95. The van der Waals surface area contributed by atoms with Gasteiger partial charge in [0.05, 0.1) is 5.75 Å². The van der Waals surface area contributed by atoms with Crippen LogP contribution in [0.15, 0.2) is 59.5 Å². The number of carboxylic acids is 1. The Balaban J connectivity index is 1.92. The number of aryl methyl sites for hydroxylation is 1. The topological polar surface area (TPSA) is 95.5 Å². The summed E-state index contributed by atoms with van der Waals surface area (Å²) in [6, 6.07) is 12.8. The minimum absolute atomic E-state index is 0.118. The molecule has 0 fully saturated rings. The maximum atomic E-state index is 12.2. The van der Waals surface area contributed by atoms with Crippen molar-refractivity contribution in [2.45, 2.75) is 18.7 Å². The molecule has 0 aromatic heterocycles. The molecular weight excluding hydrogens is 364 g/mol. The Bertz CT molecular complexity index is 893. The van der Waals surface area contributed by atoms with Gasteiger partial charge in [-0.15, -0.1) is 11.8 Å². The minimum atomic E-state index is -1.19. The normalized spacial score (nSPS) is 10.6. The number of anilines is 2. The number of hydrogen-bond donors (Lipinski definition) is 3. The smallest absolute Gasteiger partial charge is 0.328 e. The summed E-state index contributed by atoms with van der Waals surface area (Å²) in [6.07, 6.45) is 1.71. The van der Waals surface area contributed by atoms with Crippen LogP contribution in [0.1, 0.15) is 11.1 Å². The van der Waals surface area contributed by atoms with Gasteiger partial charge in [-0.25, -0.2) is 4.79 Å². The molecule has 0 heterocycles. The third-order valence-electron chi connectivity index (χ3n) is 3.73. The first-order valence-electron chi connectivity index (χ1n) is 8.16. The zero-order chi connectivity index (χ0) is 19.8. The summed E-state index contributed by atoms with van der Waals surface area (Å²) < 4.78 is 0. The number of carbonyl (C=O) groups is 3. The molecule has 2 aromatic rings. The van der Waals surface area contributed by atoms with Crippen LogP contribution in [0.5, 0.6) is 0 Å². The molecule has 0 spiro atoms.